The third-order valence-electron chi connectivity index (χ3n) is 3.01. The lowest BCUT2D eigenvalue weighted by Gasteiger charge is -2.32. The van der Waals surface area contributed by atoms with Crippen molar-refractivity contribution in [1.82, 2.24) is 15.2 Å². The summed E-state index contributed by atoms with van der Waals surface area (Å²) in [6, 6.07) is 4.60. The summed E-state index contributed by atoms with van der Waals surface area (Å²) in [5.74, 6) is 1.10. The molecular weight excluding hydrogens is 224 g/mol. The number of likely N-dealkylation sites (N-methyl/N-ethyl adjacent to an activating group) is 2. The molecule has 4 nitrogen and oxygen atoms in total. The third kappa shape index (κ3) is 3.96. The van der Waals surface area contributed by atoms with Gasteiger partial charge < -0.3 is 15.1 Å². The average molecular weight is 250 g/mol. The maximum Gasteiger partial charge on any atom is 0.133 e. The van der Waals surface area contributed by atoms with Crippen LogP contribution in [0.1, 0.15) is 19.4 Å². The molecule has 1 N–H and O–H groups in total. The van der Waals surface area contributed by atoms with Crippen LogP contribution in [0.3, 0.4) is 0 Å². The molecule has 1 aromatic rings. The lowest BCUT2D eigenvalue weighted by Crippen LogP contribution is -2.41. The van der Waals surface area contributed by atoms with Crippen molar-refractivity contribution in [2.24, 2.45) is 0 Å². The first-order valence-corrected chi connectivity index (χ1v) is 6.60. The van der Waals surface area contributed by atoms with Gasteiger partial charge in [-0.25, -0.2) is 4.98 Å². The number of hydrogen-bond acceptors (Lipinski definition) is 4. The van der Waals surface area contributed by atoms with Crippen LogP contribution in [0.15, 0.2) is 18.3 Å². The van der Waals surface area contributed by atoms with E-state index in [1.165, 1.54) is 5.56 Å². The van der Waals surface area contributed by atoms with Crippen LogP contribution in [0.4, 0.5) is 5.82 Å². The molecule has 0 aliphatic rings. The Morgan fingerprint density at radius 2 is 2.11 bits per heavy atom. The number of rotatable bonds is 7. The van der Waals surface area contributed by atoms with Crippen LogP contribution in [0.2, 0.25) is 0 Å². The summed E-state index contributed by atoms with van der Waals surface area (Å²) in [5.41, 5.74) is 1.26. The average Bonchev–Trinajstić information content (AvgIpc) is 2.31. The van der Waals surface area contributed by atoms with E-state index in [-0.39, 0.29) is 0 Å². The van der Waals surface area contributed by atoms with E-state index in [1.807, 2.05) is 19.3 Å². The molecular formula is C14H26N4. The van der Waals surface area contributed by atoms with E-state index in [2.05, 4.69) is 54.1 Å². The lowest BCUT2D eigenvalue weighted by molar-refractivity contribution is 0.372. The summed E-state index contributed by atoms with van der Waals surface area (Å²) in [4.78, 5) is 9.15. The SMILES string of the molecule is CCN(c1ncccc1CNC)C(C)CN(C)C. The van der Waals surface area contributed by atoms with Crippen molar-refractivity contribution in [3.63, 3.8) is 0 Å². The molecule has 0 spiro atoms. The maximum absolute atomic E-state index is 4.56. The Bertz CT molecular complexity index is 351. The molecule has 0 amide bonds. The van der Waals surface area contributed by atoms with Gasteiger partial charge in [-0.15, -0.1) is 0 Å². The predicted molar refractivity (Wildman–Crippen MR) is 78.0 cm³/mol. The van der Waals surface area contributed by atoms with E-state index in [1.54, 1.807) is 0 Å². The van der Waals surface area contributed by atoms with Crippen molar-refractivity contribution in [2.45, 2.75) is 26.4 Å². The smallest absolute Gasteiger partial charge is 0.133 e. The van der Waals surface area contributed by atoms with E-state index >= 15 is 0 Å². The summed E-state index contributed by atoms with van der Waals surface area (Å²) in [7, 11) is 6.19. The highest BCUT2D eigenvalue weighted by molar-refractivity contribution is 5.47. The Morgan fingerprint density at radius 3 is 2.67 bits per heavy atom. The zero-order valence-electron chi connectivity index (χ0n) is 12.3. The largest absolute Gasteiger partial charge is 0.353 e. The Labute approximate surface area is 111 Å². The zero-order valence-corrected chi connectivity index (χ0v) is 12.3. The maximum atomic E-state index is 4.56. The van der Waals surface area contributed by atoms with Gasteiger partial charge in [-0.2, -0.15) is 0 Å². The molecule has 1 rings (SSSR count). The topological polar surface area (TPSA) is 31.4 Å². The minimum absolute atomic E-state index is 0.454. The van der Waals surface area contributed by atoms with Gasteiger partial charge in [0.1, 0.15) is 5.82 Å². The first-order valence-electron chi connectivity index (χ1n) is 6.60. The van der Waals surface area contributed by atoms with Crippen molar-refractivity contribution >= 4 is 5.82 Å². The fourth-order valence-electron chi connectivity index (χ4n) is 2.31. The van der Waals surface area contributed by atoms with Gasteiger partial charge in [0.25, 0.3) is 0 Å². The number of nitrogens with one attached hydrogen (secondary N) is 1. The number of pyridine rings is 1. The van der Waals surface area contributed by atoms with Crippen molar-refractivity contribution in [2.75, 3.05) is 39.1 Å². The highest BCUT2D eigenvalue weighted by atomic mass is 15.2. The first kappa shape index (κ1) is 14.9. The number of hydrogen-bond donors (Lipinski definition) is 1. The van der Waals surface area contributed by atoms with Gasteiger partial charge in [-0.05, 0) is 41.1 Å². The van der Waals surface area contributed by atoms with E-state index in [0.29, 0.717) is 6.04 Å². The van der Waals surface area contributed by atoms with Gasteiger partial charge >= 0.3 is 0 Å². The number of aromatic nitrogens is 1. The molecule has 1 aromatic heterocycles. The van der Waals surface area contributed by atoms with Gasteiger partial charge in [0.2, 0.25) is 0 Å². The normalized spacial score (nSPS) is 12.8. The molecule has 0 saturated heterocycles. The Balaban J connectivity index is 2.93. The Morgan fingerprint density at radius 1 is 1.39 bits per heavy atom. The third-order valence-corrected chi connectivity index (χ3v) is 3.01. The minimum atomic E-state index is 0.454. The van der Waals surface area contributed by atoms with Crippen molar-refractivity contribution in [3.05, 3.63) is 23.9 Å². The molecule has 0 saturated carbocycles. The van der Waals surface area contributed by atoms with Gasteiger partial charge in [0, 0.05) is 37.4 Å². The second-order valence-electron chi connectivity index (χ2n) is 4.91. The number of anilines is 1. The van der Waals surface area contributed by atoms with Gasteiger partial charge in [-0.1, -0.05) is 6.07 Å². The standard InChI is InChI=1S/C14H26N4/c1-6-18(12(2)11-17(4)5)14-13(10-15-3)8-7-9-16-14/h7-9,12,15H,6,10-11H2,1-5H3. The fourth-order valence-corrected chi connectivity index (χ4v) is 2.31. The zero-order chi connectivity index (χ0) is 13.5. The monoisotopic (exact) mass is 250 g/mol. The summed E-state index contributed by atoms with van der Waals surface area (Å²) >= 11 is 0. The van der Waals surface area contributed by atoms with Crippen LogP contribution in [-0.4, -0.2) is 50.2 Å². The molecule has 18 heavy (non-hydrogen) atoms. The second-order valence-corrected chi connectivity index (χ2v) is 4.91. The minimum Gasteiger partial charge on any atom is -0.353 e. The van der Waals surface area contributed by atoms with Crippen molar-refractivity contribution < 1.29 is 0 Å². The molecule has 1 atom stereocenters. The first-order chi connectivity index (χ1) is 8.60. The van der Waals surface area contributed by atoms with Crippen LogP contribution >= 0.6 is 0 Å². The van der Waals surface area contributed by atoms with Crippen LogP contribution in [0.5, 0.6) is 0 Å². The van der Waals surface area contributed by atoms with Crippen LogP contribution in [-0.2, 0) is 6.54 Å². The molecule has 0 bridgehead atoms. The Kier molecular flexibility index (Phi) is 6.09. The molecule has 1 heterocycles. The van der Waals surface area contributed by atoms with E-state index in [4.69, 9.17) is 0 Å². The van der Waals surface area contributed by atoms with Crippen LogP contribution < -0.4 is 10.2 Å². The lowest BCUT2D eigenvalue weighted by atomic mass is 10.2. The highest BCUT2D eigenvalue weighted by Crippen LogP contribution is 2.19. The van der Waals surface area contributed by atoms with Crippen LogP contribution in [0, 0.1) is 0 Å². The number of nitrogens with zero attached hydrogens (tertiary/aromatic N) is 3. The summed E-state index contributed by atoms with van der Waals surface area (Å²) in [5, 5.41) is 3.21. The second kappa shape index (κ2) is 7.34. The van der Waals surface area contributed by atoms with Crippen molar-refractivity contribution in [1.29, 1.82) is 0 Å². The van der Waals surface area contributed by atoms with E-state index in [0.717, 1.165) is 25.5 Å². The quantitative estimate of drug-likeness (QED) is 0.796. The molecule has 0 aliphatic carbocycles. The van der Waals surface area contributed by atoms with Gasteiger partial charge in [-0.3, -0.25) is 0 Å². The van der Waals surface area contributed by atoms with Crippen molar-refractivity contribution in [3.8, 4) is 0 Å². The fraction of sp³-hybridized carbons (Fsp3) is 0.643. The molecule has 0 radical (unpaired) electrons. The molecule has 0 aliphatic heterocycles. The molecule has 1 unspecified atom stereocenters. The molecule has 0 aromatic carbocycles. The molecule has 102 valence electrons. The van der Waals surface area contributed by atoms with E-state index in [9.17, 15) is 0 Å². The predicted octanol–water partition coefficient (Wildman–Crippen LogP) is 1.58. The Hall–Kier alpha value is -1.13. The van der Waals surface area contributed by atoms with Gasteiger partial charge in [0.05, 0.1) is 0 Å². The molecule has 0 fully saturated rings. The van der Waals surface area contributed by atoms with Gasteiger partial charge in [0.15, 0.2) is 0 Å². The van der Waals surface area contributed by atoms with Crippen LogP contribution in [0.25, 0.3) is 0 Å². The summed E-state index contributed by atoms with van der Waals surface area (Å²) in [6.45, 7) is 7.30. The summed E-state index contributed by atoms with van der Waals surface area (Å²) < 4.78 is 0. The highest BCUT2D eigenvalue weighted by Gasteiger charge is 2.17. The molecule has 4 heteroatoms. The van der Waals surface area contributed by atoms with E-state index < -0.39 is 0 Å². The summed E-state index contributed by atoms with van der Waals surface area (Å²) in [6.07, 6.45) is 1.87.